The fourth-order valence-corrected chi connectivity index (χ4v) is 2.37. The zero-order chi connectivity index (χ0) is 20.0. The highest BCUT2D eigenvalue weighted by molar-refractivity contribution is 7.93. The first kappa shape index (κ1) is 26.6. The summed E-state index contributed by atoms with van der Waals surface area (Å²) in [5.74, 6) is 0.691. The van der Waals surface area contributed by atoms with E-state index in [-0.39, 0.29) is 12.5 Å². The van der Waals surface area contributed by atoms with Crippen LogP contribution in [-0.2, 0) is 27.9 Å². The van der Waals surface area contributed by atoms with Crippen LogP contribution in [0.5, 0.6) is 0 Å². The predicted octanol–water partition coefficient (Wildman–Crippen LogP) is 2.68. The third kappa shape index (κ3) is 23.6. The van der Waals surface area contributed by atoms with Crippen molar-refractivity contribution in [2.75, 3.05) is 72.3 Å². The first-order valence-corrected chi connectivity index (χ1v) is 11.0. The number of unbranched alkanes of at least 4 members (excludes halogenated alkanes) is 2. The Balaban J connectivity index is 3.14. The molecule has 1 N–H and O–H groups in total. The second kappa shape index (κ2) is 21.9. The SMILES string of the molecule is CSOCCOCCOCCOCCOCC(=O)NCCCCCC(C)C. The van der Waals surface area contributed by atoms with Crippen LogP contribution in [-0.4, -0.2) is 78.2 Å². The second-order valence-corrected chi connectivity index (χ2v) is 7.04. The lowest BCUT2D eigenvalue weighted by molar-refractivity contribution is -0.126. The van der Waals surface area contributed by atoms with E-state index in [4.69, 9.17) is 23.1 Å². The van der Waals surface area contributed by atoms with Crippen LogP contribution in [0.25, 0.3) is 0 Å². The Morgan fingerprint density at radius 3 is 1.93 bits per heavy atom. The molecule has 162 valence electrons. The Bertz CT molecular complexity index is 321. The average Bonchev–Trinajstić information content (AvgIpc) is 2.64. The minimum absolute atomic E-state index is 0.0647. The van der Waals surface area contributed by atoms with Gasteiger partial charge in [-0.05, 0) is 24.4 Å². The van der Waals surface area contributed by atoms with E-state index >= 15 is 0 Å². The molecule has 0 bridgehead atoms. The summed E-state index contributed by atoms with van der Waals surface area (Å²) in [4.78, 5) is 11.6. The highest BCUT2D eigenvalue weighted by Gasteiger charge is 2.01. The summed E-state index contributed by atoms with van der Waals surface area (Å²) in [5, 5.41) is 2.87. The Labute approximate surface area is 169 Å². The average molecular weight is 410 g/mol. The molecule has 0 spiro atoms. The van der Waals surface area contributed by atoms with Gasteiger partial charge < -0.3 is 28.4 Å². The molecule has 0 aliphatic heterocycles. The van der Waals surface area contributed by atoms with E-state index in [0.717, 1.165) is 25.3 Å². The van der Waals surface area contributed by atoms with Gasteiger partial charge in [-0.1, -0.05) is 33.1 Å². The molecule has 0 aromatic heterocycles. The Morgan fingerprint density at radius 1 is 0.815 bits per heavy atom. The van der Waals surface area contributed by atoms with Crippen LogP contribution in [0.1, 0.15) is 39.5 Å². The summed E-state index contributed by atoms with van der Waals surface area (Å²) in [6, 6.07) is 0. The van der Waals surface area contributed by atoms with Crippen LogP contribution in [0.4, 0.5) is 0 Å². The molecule has 8 heteroatoms. The largest absolute Gasteiger partial charge is 0.377 e. The van der Waals surface area contributed by atoms with Crippen LogP contribution < -0.4 is 5.32 Å². The number of rotatable bonds is 21. The van der Waals surface area contributed by atoms with E-state index in [1.54, 1.807) is 0 Å². The summed E-state index contributed by atoms with van der Waals surface area (Å²) in [7, 11) is 0. The maximum Gasteiger partial charge on any atom is 0.245 e. The van der Waals surface area contributed by atoms with Crippen LogP contribution in [0.2, 0.25) is 0 Å². The topological polar surface area (TPSA) is 75.2 Å². The van der Waals surface area contributed by atoms with Crippen molar-refractivity contribution < 1.29 is 27.9 Å². The monoisotopic (exact) mass is 409 g/mol. The minimum atomic E-state index is -0.0647. The van der Waals surface area contributed by atoms with Crippen LogP contribution in [0.3, 0.4) is 0 Å². The maximum absolute atomic E-state index is 11.6. The van der Waals surface area contributed by atoms with Gasteiger partial charge in [0.05, 0.1) is 52.9 Å². The summed E-state index contributed by atoms with van der Waals surface area (Å²) in [6.45, 7) is 9.40. The van der Waals surface area contributed by atoms with E-state index in [2.05, 4.69) is 19.2 Å². The Hall–Kier alpha value is -0.380. The molecule has 0 saturated carbocycles. The lowest BCUT2D eigenvalue weighted by Crippen LogP contribution is -2.29. The number of hydrogen-bond acceptors (Lipinski definition) is 7. The molecular weight excluding hydrogens is 370 g/mol. The van der Waals surface area contributed by atoms with E-state index in [0.29, 0.717) is 52.9 Å². The smallest absolute Gasteiger partial charge is 0.245 e. The molecule has 0 aromatic rings. The van der Waals surface area contributed by atoms with Crippen molar-refractivity contribution in [1.82, 2.24) is 5.32 Å². The van der Waals surface area contributed by atoms with Crippen molar-refractivity contribution in [1.29, 1.82) is 0 Å². The molecular formula is C19H39NO6S. The van der Waals surface area contributed by atoms with Crippen molar-refractivity contribution >= 4 is 17.9 Å². The quantitative estimate of drug-likeness (QED) is 0.231. The maximum atomic E-state index is 11.6. The number of carbonyl (C=O) groups excluding carboxylic acids is 1. The number of carbonyl (C=O) groups is 1. The molecule has 0 aliphatic carbocycles. The number of hydrogen-bond donors (Lipinski definition) is 1. The van der Waals surface area contributed by atoms with Gasteiger partial charge >= 0.3 is 0 Å². The molecule has 0 atom stereocenters. The lowest BCUT2D eigenvalue weighted by atomic mass is 10.1. The Morgan fingerprint density at radius 2 is 1.37 bits per heavy atom. The molecule has 0 fully saturated rings. The molecule has 27 heavy (non-hydrogen) atoms. The van der Waals surface area contributed by atoms with Gasteiger partial charge in [0.25, 0.3) is 0 Å². The fourth-order valence-electron chi connectivity index (χ4n) is 2.13. The molecule has 0 unspecified atom stereocenters. The lowest BCUT2D eigenvalue weighted by Gasteiger charge is -2.08. The zero-order valence-corrected chi connectivity index (χ0v) is 18.2. The van der Waals surface area contributed by atoms with Gasteiger partial charge in [-0.2, -0.15) is 0 Å². The minimum Gasteiger partial charge on any atom is -0.377 e. The third-order valence-corrected chi connectivity index (χ3v) is 3.96. The Kier molecular flexibility index (Phi) is 21.6. The summed E-state index contributed by atoms with van der Waals surface area (Å²) < 4.78 is 26.4. The van der Waals surface area contributed by atoms with E-state index in [1.165, 1.54) is 24.9 Å². The zero-order valence-electron chi connectivity index (χ0n) is 17.3. The van der Waals surface area contributed by atoms with Crippen LogP contribution >= 0.6 is 12.0 Å². The molecule has 0 rings (SSSR count). The van der Waals surface area contributed by atoms with E-state index in [1.807, 2.05) is 6.26 Å². The van der Waals surface area contributed by atoms with Crippen molar-refractivity contribution in [3.63, 3.8) is 0 Å². The molecule has 0 aliphatic rings. The second-order valence-electron chi connectivity index (χ2n) is 6.47. The standard InChI is InChI=1S/C19H39NO6S/c1-18(2)7-5-4-6-8-20-19(21)17-25-14-13-23-10-9-22-11-12-24-15-16-26-27-3/h18H,4-17H2,1-3H3,(H,20,21). The van der Waals surface area contributed by atoms with Gasteiger partial charge in [0, 0.05) is 12.8 Å². The van der Waals surface area contributed by atoms with Crippen molar-refractivity contribution in [2.45, 2.75) is 39.5 Å². The molecule has 7 nitrogen and oxygen atoms in total. The normalized spacial score (nSPS) is 11.3. The van der Waals surface area contributed by atoms with Gasteiger partial charge in [-0.3, -0.25) is 4.79 Å². The molecule has 0 aromatic carbocycles. The predicted molar refractivity (Wildman–Crippen MR) is 109 cm³/mol. The van der Waals surface area contributed by atoms with Crippen molar-refractivity contribution in [3.05, 3.63) is 0 Å². The van der Waals surface area contributed by atoms with Gasteiger partial charge in [0.2, 0.25) is 5.91 Å². The van der Waals surface area contributed by atoms with Gasteiger partial charge in [0.1, 0.15) is 6.61 Å². The van der Waals surface area contributed by atoms with Gasteiger partial charge in [-0.25, -0.2) is 0 Å². The summed E-state index contributed by atoms with van der Waals surface area (Å²) >= 11 is 1.33. The van der Waals surface area contributed by atoms with Crippen molar-refractivity contribution in [3.8, 4) is 0 Å². The molecule has 0 radical (unpaired) electrons. The van der Waals surface area contributed by atoms with E-state index < -0.39 is 0 Å². The van der Waals surface area contributed by atoms with Crippen LogP contribution in [0, 0.1) is 5.92 Å². The fraction of sp³-hybridized carbons (Fsp3) is 0.947. The number of nitrogens with one attached hydrogen (secondary N) is 1. The summed E-state index contributed by atoms with van der Waals surface area (Å²) in [6.07, 6.45) is 6.54. The van der Waals surface area contributed by atoms with Crippen molar-refractivity contribution in [2.24, 2.45) is 5.92 Å². The number of amides is 1. The van der Waals surface area contributed by atoms with Gasteiger partial charge in [-0.15, -0.1) is 0 Å². The van der Waals surface area contributed by atoms with Gasteiger partial charge in [0.15, 0.2) is 0 Å². The first-order chi connectivity index (χ1) is 13.2. The molecule has 0 heterocycles. The van der Waals surface area contributed by atoms with E-state index in [9.17, 15) is 4.79 Å². The summed E-state index contributed by atoms with van der Waals surface area (Å²) in [5.41, 5.74) is 0. The van der Waals surface area contributed by atoms with Crippen LogP contribution in [0.15, 0.2) is 0 Å². The third-order valence-electron chi connectivity index (χ3n) is 3.56. The number of ether oxygens (including phenoxy) is 4. The molecule has 1 amide bonds. The highest BCUT2D eigenvalue weighted by Crippen LogP contribution is 2.07. The molecule has 0 saturated heterocycles. The first-order valence-electron chi connectivity index (χ1n) is 9.90. The highest BCUT2D eigenvalue weighted by atomic mass is 32.2.